The summed E-state index contributed by atoms with van der Waals surface area (Å²) in [6.07, 6.45) is 6.92. The molecular weight excluding hydrogens is 216 g/mol. The van der Waals surface area contributed by atoms with Crippen LogP contribution >= 0.6 is 0 Å². The average molecular weight is 238 g/mol. The lowest BCUT2D eigenvalue weighted by molar-refractivity contribution is -0.123. The third kappa shape index (κ3) is 2.63. The first-order valence-corrected chi connectivity index (χ1v) is 6.94. The van der Waals surface area contributed by atoms with Gasteiger partial charge in [0, 0.05) is 12.5 Å². The summed E-state index contributed by atoms with van der Waals surface area (Å²) >= 11 is 0. The number of carbonyl (C=O) groups excluding carboxylic acids is 1. The molecule has 17 heavy (non-hydrogen) atoms. The molecule has 0 unspecified atom stereocenters. The molecule has 2 heterocycles. The number of nitrogens with one attached hydrogen (secondary N) is 2. The minimum atomic E-state index is 0.125. The van der Waals surface area contributed by atoms with E-state index in [1.54, 1.807) is 0 Å². The van der Waals surface area contributed by atoms with Gasteiger partial charge in [-0.1, -0.05) is 0 Å². The van der Waals surface area contributed by atoms with Gasteiger partial charge in [-0.05, 0) is 51.6 Å². The lowest BCUT2D eigenvalue weighted by Crippen LogP contribution is -2.43. The van der Waals surface area contributed by atoms with E-state index in [1.165, 1.54) is 6.42 Å². The smallest absolute Gasteiger partial charge is 0.223 e. The molecule has 1 aliphatic carbocycles. The van der Waals surface area contributed by atoms with Crippen molar-refractivity contribution in [2.24, 2.45) is 5.92 Å². The Bertz CT molecular complexity index is 296. The Morgan fingerprint density at radius 3 is 2.71 bits per heavy atom. The molecule has 1 atom stereocenters. The van der Waals surface area contributed by atoms with Gasteiger partial charge in [0.15, 0.2) is 0 Å². The fourth-order valence-corrected chi connectivity index (χ4v) is 2.99. The Morgan fingerprint density at radius 2 is 2.00 bits per heavy atom. The van der Waals surface area contributed by atoms with Gasteiger partial charge in [0.1, 0.15) is 0 Å². The summed E-state index contributed by atoms with van der Waals surface area (Å²) in [7, 11) is 0. The van der Waals surface area contributed by atoms with Gasteiger partial charge in [-0.3, -0.25) is 4.79 Å². The van der Waals surface area contributed by atoms with E-state index >= 15 is 0 Å². The molecule has 1 spiro atoms. The van der Waals surface area contributed by atoms with Gasteiger partial charge in [-0.25, -0.2) is 0 Å². The van der Waals surface area contributed by atoms with Crippen LogP contribution in [-0.2, 0) is 9.53 Å². The largest absolute Gasteiger partial charge is 0.370 e. The lowest BCUT2D eigenvalue weighted by atomic mass is 9.89. The molecule has 2 aliphatic heterocycles. The topological polar surface area (TPSA) is 50.4 Å². The molecule has 1 saturated carbocycles. The van der Waals surface area contributed by atoms with E-state index < -0.39 is 0 Å². The van der Waals surface area contributed by atoms with E-state index in [2.05, 4.69) is 10.6 Å². The van der Waals surface area contributed by atoms with Crippen molar-refractivity contribution in [1.82, 2.24) is 10.6 Å². The molecule has 4 nitrogen and oxygen atoms in total. The number of piperidine rings is 1. The SMILES string of the molecule is O=C(NC[C@H]1CCC2(CCNCC2)O1)C1CC1. The van der Waals surface area contributed by atoms with Gasteiger partial charge >= 0.3 is 0 Å². The summed E-state index contributed by atoms with van der Waals surface area (Å²) in [4.78, 5) is 11.6. The van der Waals surface area contributed by atoms with Crippen molar-refractivity contribution in [3.8, 4) is 0 Å². The maximum absolute atomic E-state index is 11.6. The van der Waals surface area contributed by atoms with Crippen LogP contribution in [0.15, 0.2) is 0 Å². The predicted octanol–water partition coefficient (Wildman–Crippen LogP) is 0.814. The summed E-state index contributed by atoms with van der Waals surface area (Å²) in [6.45, 7) is 2.85. The van der Waals surface area contributed by atoms with E-state index in [1.807, 2.05) is 0 Å². The quantitative estimate of drug-likeness (QED) is 0.765. The summed E-state index contributed by atoms with van der Waals surface area (Å²) in [6, 6.07) is 0. The Balaban J connectivity index is 1.44. The normalized spacial score (nSPS) is 31.6. The summed E-state index contributed by atoms with van der Waals surface area (Å²) in [5.41, 5.74) is 0.125. The van der Waals surface area contributed by atoms with Crippen LogP contribution in [0.4, 0.5) is 0 Å². The Kier molecular flexibility index (Phi) is 3.09. The lowest BCUT2D eigenvalue weighted by Gasteiger charge is -2.33. The van der Waals surface area contributed by atoms with Crippen molar-refractivity contribution in [3.05, 3.63) is 0 Å². The van der Waals surface area contributed by atoms with Gasteiger partial charge < -0.3 is 15.4 Å². The van der Waals surface area contributed by atoms with Crippen molar-refractivity contribution in [1.29, 1.82) is 0 Å². The van der Waals surface area contributed by atoms with E-state index in [-0.39, 0.29) is 17.6 Å². The standard InChI is InChI=1S/C13H22N2O2/c16-12(10-1-2-10)15-9-11-3-4-13(17-11)5-7-14-8-6-13/h10-11,14H,1-9H2,(H,15,16)/t11-/m1/s1. The first kappa shape index (κ1) is 11.5. The van der Waals surface area contributed by atoms with Crippen LogP contribution in [0.1, 0.15) is 38.5 Å². The number of amides is 1. The highest BCUT2D eigenvalue weighted by molar-refractivity contribution is 5.80. The van der Waals surface area contributed by atoms with E-state index in [0.29, 0.717) is 12.5 Å². The highest BCUT2D eigenvalue weighted by atomic mass is 16.5. The molecular formula is C13H22N2O2. The van der Waals surface area contributed by atoms with Crippen LogP contribution in [0.25, 0.3) is 0 Å². The molecule has 0 aromatic carbocycles. The van der Waals surface area contributed by atoms with Crippen molar-refractivity contribution in [3.63, 3.8) is 0 Å². The van der Waals surface area contributed by atoms with Crippen LogP contribution in [0.2, 0.25) is 0 Å². The van der Waals surface area contributed by atoms with Crippen LogP contribution in [0.3, 0.4) is 0 Å². The fourth-order valence-electron chi connectivity index (χ4n) is 2.99. The zero-order valence-corrected chi connectivity index (χ0v) is 10.3. The van der Waals surface area contributed by atoms with Crippen molar-refractivity contribution >= 4 is 5.91 Å². The molecule has 2 saturated heterocycles. The van der Waals surface area contributed by atoms with Crippen LogP contribution < -0.4 is 10.6 Å². The Labute approximate surface area is 102 Å². The molecule has 0 radical (unpaired) electrons. The molecule has 3 fully saturated rings. The highest BCUT2D eigenvalue weighted by Gasteiger charge is 2.41. The van der Waals surface area contributed by atoms with Gasteiger partial charge in [0.05, 0.1) is 11.7 Å². The third-order valence-corrected chi connectivity index (χ3v) is 4.31. The number of hydrogen-bond acceptors (Lipinski definition) is 3. The van der Waals surface area contributed by atoms with Gasteiger partial charge in [-0.15, -0.1) is 0 Å². The van der Waals surface area contributed by atoms with E-state index in [0.717, 1.165) is 45.2 Å². The summed E-state index contributed by atoms with van der Waals surface area (Å²) in [5.74, 6) is 0.545. The number of carbonyl (C=O) groups is 1. The van der Waals surface area contributed by atoms with Gasteiger partial charge in [-0.2, -0.15) is 0 Å². The zero-order valence-electron chi connectivity index (χ0n) is 10.3. The summed E-state index contributed by atoms with van der Waals surface area (Å²) in [5, 5.41) is 6.40. The number of hydrogen-bond donors (Lipinski definition) is 2. The van der Waals surface area contributed by atoms with E-state index in [9.17, 15) is 4.79 Å². The molecule has 3 aliphatic rings. The highest BCUT2D eigenvalue weighted by Crippen LogP contribution is 2.37. The van der Waals surface area contributed by atoms with Gasteiger partial charge in [0.2, 0.25) is 5.91 Å². The van der Waals surface area contributed by atoms with Crippen molar-refractivity contribution in [2.45, 2.75) is 50.2 Å². The van der Waals surface area contributed by atoms with Crippen LogP contribution in [0.5, 0.6) is 0 Å². The second-order valence-corrected chi connectivity index (χ2v) is 5.73. The molecule has 0 aromatic heterocycles. The first-order valence-electron chi connectivity index (χ1n) is 6.94. The predicted molar refractivity (Wildman–Crippen MR) is 64.7 cm³/mol. The maximum atomic E-state index is 11.6. The van der Waals surface area contributed by atoms with Crippen LogP contribution in [-0.4, -0.2) is 37.2 Å². The molecule has 1 amide bonds. The molecule has 4 heteroatoms. The van der Waals surface area contributed by atoms with Crippen molar-refractivity contribution < 1.29 is 9.53 Å². The fraction of sp³-hybridized carbons (Fsp3) is 0.923. The van der Waals surface area contributed by atoms with Gasteiger partial charge in [0.25, 0.3) is 0 Å². The van der Waals surface area contributed by atoms with Crippen LogP contribution in [0, 0.1) is 5.92 Å². The monoisotopic (exact) mass is 238 g/mol. The second kappa shape index (κ2) is 4.58. The minimum absolute atomic E-state index is 0.125. The van der Waals surface area contributed by atoms with E-state index in [4.69, 9.17) is 4.74 Å². The second-order valence-electron chi connectivity index (χ2n) is 5.73. The minimum Gasteiger partial charge on any atom is -0.370 e. The molecule has 2 N–H and O–H groups in total. The van der Waals surface area contributed by atoms with Crippen molar-refractivity contribution in [2.75, 3.05) is 19.6 Å². The Hall–Kier alpha value is -0.610. The Morgan fingerprint density at radius 1 is 1.24 bits per heavy atom. The number of rotatable bonds is 3. The summed E-state index contributed by atoms with van der Waals surface area (Å²) < 4.78 is 6.19. The molecule has 0 bridgehead atoms. The molecule has 0 aromatic rings. The first-order chi connectivity index (χ1) is 8.27. The number of ether oxygens (including phenoxy) is 1. The third-order valence-electron chi connectivity index (χ3n) is 4.31. The zero-order chi connectivity index (χ0) is 11.7. The average Bonchev–Trinajstić information content (AvgIpc) is 3.13. The maximum Gasteiger partial charge on any atom is 0.223 e. The molecule has 3 rings (SSSR count). The molecule has 96 valence electrons.